The van der Waals surface area contributed by atoms with Gasteiger partial charge in [-0.05, 0) is 38.1 Å². The summed E-state index contributed by atoms with van der Waals surface area (Å²) in [5.41, 5.74) is -0.178. The van der Waals surface area contributed by atoms with Crippen LogP contribution >= 0.6 is 30.8 Å². The Morgan fingerprint density at radius 1 is 1.16 bits per heavy atom. The number of nitrogens with one attached hydrogen (secondary N) is 3. The molecule has 1 aliphatic heterocycles. The Bertz CT molecular complexity index is 993. The Balaban J connectivity index is 0.00000256. The molecular weight excluding hydrogens is 502 g/mol. The quantitative estimate of drug-likeness (QED) is 0.277. The van der Waals surface area contributed by atoms with E-state index in [0.717, 1.165) is 30.6 Å². The number of hydrogen-bond donors (Lipinski definition) is 5. The van der Waals surface area contributed by atoms with Gasteiger partial charge >= 0.3 is 66.7 Å². The standard InChI is InChI=1S/C17H20Cl2N5O5P.2Na.2H/c18-11-2-1-3-12(19)14(11)16(25)22-13-8-24(9-30(27,28)29)23-15(13)17(26)21-10-4-6-20-7-5-10;;;;/h1-3,8,10,20H,4-7,9H2,(H,21,26)(H,22,25)(H2,27,28,29);;;;. The van der Waals surface area contributed by atoms with Crippen molar-refractivity contribution < 1.29 is 23.9 Å². The van der Waals surface area contributed by atoms with Crippen LogP contribution in [0.2, 0.25) is 10.0 Å². The Kier molecular flexibility index (Phi) is 12.4. The van der Waals surface area contributed by atoms with Crippen LogP contribution in [-0.2, 0) is 10.9 Å². The summed E-state index contributed by atoms with van der Waals surface area (Å²) in [5.74, 6) is -1.25. The number of rotatable bonds is 6. The van der Waals surface area contributed by atoms with Crippen LogP contribution in [0, 0.1) is 0 Å². The molecule has 1 saturated heterocycles. The monoisotopic (exact) mass is 523 g/mol. The van der Waals surface area contributed by atoms with Gasteiger partial charge in [-0.15, -0.1) is 0 Å². The van der Waals surface area contributed by atoms with Crippen molar-refractivity contribution in [2.45, 2.75) is 25.2 Å². The van der Waals surface area contributed by atoms with E-state index in [1.165, 1.54) is 18.3 Å². The van der Waals surface area contributed by atoms with E-state index in [9.17, 15) is 23.9 Å². The van der Waals surface area contributed by atoms with Gasteiger partial charge in [0.15, 0.2) is 5.69 Å². The second-order valence-corrected chi connectivity index (χ2v) is 9.21. The van der Waals surface area contributed by atoms with E-state index in [1.54, 1.807) is 6.07 Å². The molecule has 1 fully saturated rings. The van der Waals surface area contributed by atoms with Crippen LogP contribution in [0.5, 0.6) is 0 Å². The maximum atomic E-state index is 12.8. The number of nitrogens with zero attached hydrogens (tertiary/aromatic N) is 2. The van der Waals surface area contributed by atoms with Crippen LogP contribution in [0.25, 0.3) is 0 Å². The first-order chi connectivity index (χ1) is 14.1. The summed E-state index contributed by atoms with van der Waals surface area (Å²) >= 11 is 12.1. The third-order valence-corrected chi connectivity index (χ3v) is 5.71. The predicted molar refractivity (Wildman–Crippen MR) is 126 cm³/mol. The molecule has 166 valence electrons. The van der Waals surface area contributed by atoms with E-state index >= 15 is 0 Å². The summed E-state index contributed by atoms with van der Waals surface area (Å²) in [4.78, 5) is 43.9. The van der Waals surface area contributed by atoms with E-state index in [0.29, 0.717) is 0 Å². The van der Waals surface area contributed by atoms with Crippen LogP contribution in [0.3, 0.4) is 0 Å². The third-order valence-electron chi connectivity index (χ3n) is 4.42. The van der Waals surface area contributed by atoms with E-state index in [-0.39, 0.29) is 92.1 Å². The van der Waals surface area contributed by atoms with Crippen molar-refractivity contribution in [3.63, 3.8) is 0 Å². The zero-order valence-electron chi connectivity index (χ0n) is 15.6. The van der Waals surface area contributed by atoms with E-state index < -0.39 is 25.7 Å². The molecule has 15 heteroatoms. The molecule has 0 radical (unpaired) electrons. The Labute approximate surface area is 238 Å². The van der Waals surface area contributed by atoms with Crippen molar-refractivity contribution in [1.29, 1.82) is 0 Å². The summed E-state index contributed by atoms with van der Waals surface area (Å²) in [5, 5.41) is 12.7. The van der Waals surface area contributed by atoms with Gasteiger partial charge in [0.2, 0.25) is 0 Å². The summed E-state index contributed by atoms with van der Waals surface area (Å²) < 4.78 is 12.3. The molecule has 1 aromatic heterocycles. The van der Waals surface area contributed by atoms with Gasteiger partial charge in [0.05, 0.1) is 27.5 Å². The normalized spacial score (nSPS) is 14.1. The van der Waals surface area contributed by atoms with Gasteiger partial charge in [-0.2, -0.15) is 5.10 Å². The van der Waals surface area contributed by atoms with Crippen molar-refractivity contribution in [3.05, 3.63) is 45.7 Å². The first kappa shape index (κ1) is 30.1. The van der Waals surface area contributed by atoms with Crippen LogP contribution in [0.15, 0.2) is 24.4 Å². The van der Waals surface area contributed by atoms with Crippen LogP contribution in [0.1, 0.15) is 33.7 Å². The average molecular weight is 524 g/mol. The fraction of sp³-hybridized carbons (Fsp3) is 0.353. The van der Waals surface area contributed by atoms with Gasteiger partial charge in [0.1, 0.15) is 6.29 Å². The summed E-state index contributed by atoms with van der Waals surface area (Å²) in [6.07, 6.45) is 1.89. The number of aromatic nitrogens is 2. The van der Waals surface area contributed by atoms with Gasteiger partial charge in [-0.1, -0.05) is 29.3 Å². The molecule has 2 heterocycles. The maximum absolute atomic E-state index is 12.8. The van der Waals surface area contributed by atoms with E-state index in [2.05, 4.69) is 21.0 Å². The van der Waals surface area contributed by atoms with Gasteiger partial charge in [0, 0.05) is 6.04 Å². The Morgan fingerprint density at radius 2 is 1.75 bits per heavy atom. The summed E-state index contributed by atoms with van der Waals surface area (Å²) in [6, 6.07) is 4.48. The fourth-order valence-electron chi connectivity index (χ4n) is 3.06. The zero-order valence-corrected chi connectivity index (χ0v) is 18.0. The van der Waals surface area contributed by atoms with Gasteiger partial charge in [0.25, 0.3) is 11.8 Å². The number of hydrogen-bond acceptors (Lipinski definition) is 5. The Morgan fingerprint density at radius 3 is 2.31 bits per heavy atom. The molecule has 1 aliphatic rings. The molecule has 5 N–H and O–H groups in total. The van der Waals surface area contributed by atoms with Gasteiger partial charge in [-0.3, -0.25) is 18.8 Å². The predicted octanol–water partition coefficient (Wildman–Crippen LogP) is 0.762. The van der Waals surface area contributed by atoms with Crippen molar-refractivity contribution in [3.8, 4) is 0 Å². The molecule has 10 nitrogen and oxygen atoms in total. The average Bonchev–Trinajstić information content (AvgIpc) is 3.02. The minimum atomic E-state index is -4.46. The molecule has 0 unspecified atom stereocenters. The zero-order chi connectivity index (χ0) is 21.9. The van der Waals surface area contributed by atoms with Crippen LogP contribution in [0.4, 0.5) is 5.69 Å². The SMILES string of the molecule is O=C(NC1CCNCC1)c1nn(CP(=O)(O)O)cc1NC(=O)c1c(Cl)cccc1Cl.[NaH].[NaH]. The van der Waals surface area contributed by atoms with Crippen molar-refractivity contribution in [2.75, 3.05) is 18.4 Å². The van der Waals surface area contributed by atoms with Crippen molar-refractivity contribution in [2.24, 2.45) is 0 Å². The molecular formula is C17H22Cl2N5Na2O5P. The molecule has 0 atom stereocenters. The van der Waals surface area contributed by atoms with Crippen molar-refractivity contribution >= 4 is 107 Å². The molecule has 32 heavy (non-hydrogen) atoms. The van der Waals surface area contributed by atoms with Gasteiger partial charge in [-0.25, -0.2) is 0 Å². The molecule has 0 saturated carbocycles. The fourth-order valence-corrected chi connectivity index (χ4v) is 4.15. The molecule has 0 spiro atoms. The van der Waals surface area contributed by atoms with Crippen molar-refractivity contribution in [1.82, 2.24) is 20.4 Å². The van der Waals surface area contributed by atoms with Crippen LogP contribution in [-0.4, -0.2) is 110 Å². The Hall–Kier alpha value is 0.0600. The number of halogens is 2. The number of anilines is 1. The van der Waals surface area contributed by atoms with Crippen LogP contribution < -0.4 is 16.0 Å². The van der Waals surface area contributed by atoms with E-state index in [4.69, 9.17) is 23.2 Å². The number of piperidine rings is 1. The molecule has 2 amide bonds. The second-order valence-electron chi connectivity index (χ2n) is 6.79. The topological polar surface area (TPSA) is 146 Å². The first-order valence-corrected chi connectivity index (χ1v) is 11.6. The molecule has 1 aromatic carbocycles. The van der Waals surface area contributed by atoms with E-state index in [1.807, 2.05) is 0 Å². The van der Waals surface area contributed by atoms with Gasteiger partial charge < -0.3 is 25.7 Å². The number of carbonyl (C=O) groups excluding carboxylic acids is 2. The number of amides is 2. The number of carbonyl (C=O) groups is 2. The second kappa shape index (κ2) is 13.2. The first-order valence-electron chi connectivity index (χ1n) is 9.03. The molecule has 3 rings (SSSR count). The minimum absolute atomic E-state index is 0. The number of benzene rings is 1. The molecule has 0 aliphatic carbocycles. The third kappa shape index (κ3) is 8.37. The summed E-state index contributed by atoms with van der Waals surface area (Å²) in [6.45, 7) is 1.51. The summed E-state index contributed by atoms with van der Waals surface area (Å²) in [7, 11) is -4.46. The molecule has 2 aromatic rings. The molecule has 0 bridgehead atoms.